The minimum atomic E-state index is 0.722. The number of thiophene rings is 1. The Morgan fingerprint density at radius 3 is 2.03 bits per heavy atom. The predicted octanol–water partition coefficient (Wildman–Crippen LogP) is 9.28. The number of hydrogen-bond donors (Lipinski definition) is 0. The van der Waals surface area contributed by atoms with Crippen LogP contribution in [0.15, 0.2) is 128 Å². The fourth-order valence-corrected chi connectivity index (χ4v) is 6.72. The van der Waals surface area contributed by atoms with E-state index in [1.807, 2.05) is 41.8 Å². The molecule has 0 saturated heterocycles. The van der Waals surface area contributed by atoms with Gasteiger partial charge in [-0.15, -0.1) is 11.3 Å². The molecule has 0 N–H and O–H groups in total. The van der Waals surface area contributed by atoms with Crippen molar-refractivity contribution in [3.63, 3.8) is 0 Å². The van der Waals surface area contributed by atoms with E-state index in [1.54, 1.807) is 0 Å². The lowest BCUT2D eigenvalue weighted by Gasteiger charge is -2.14. The highest BCUT2D eigenvalue weighted by molar-refractivity contribution is 7.26. The van der Waals surface area contributed by atoms with E-state index in [1.165, 1.54) is 30.9 Å². The van der Waals surface area contributed by atoms with Gasteiger partial charge in [-0.25, -0.2) is 9.97 Å². The van der Waals surface area contributed by atoms with Gasteiger partial charge in [0.15, 0.2) is 5.82 Å². The predicted molar refractivity (Wildman–Crippen MR) is 160 cm³/mol. The average Bonchev–Trinajstić information content (AvgIpc) is 3.53. The van der Waals surface area contributed by atoms with E-state index >= 15 is 0 Å². The van der Waals surface area contributed by atoms with E-state index in [4.69, 9.17) is 9.97 Å². The van der Waals surface area contributed by atoms with Crippen LogP contribution in [0.1, 0.15) is 0 Å². The summed E-state index contributed by atoms with van der Waals surface area (Å²) in [6.07, 6.45) is 1.99. The van der Waals surface area contributed by atoms with Crippen LogP contribution < -0.4 is 0 Å². The maximum absolute atomic E-state index is 5.16. The summed E-state index contributed by atoms with van der Waals surface area (Å²) in [5.41, 5.74) is 6.27. The summed E-state index contributed by atoms with van der Waals surface area (Å²) in [5.74, 6) is 0.722. The van der Waals surface area contributed by atoms with Crippen molar-refractivity contribution in [3.05, 3.63) is 128 Å². The highest BCUT2D eigenvalue weighted by atomic mass is 32.1. The first kappa shape index (κ1) is 21.3. The molecule has 0 bridgehead atoms. The third-order valence-corrected chi connectivity index (χ3v) is 8.40. The molecule has 5 aromatic carbocycles. The van der Waals surface area contributed by atoms with E-state index in [0.717, 1.165) is 39.4 Å². The van der Waals surface area contributed by atoms with Crippen LogP contribution in [0.5, 0.6) is 0 Å². The van der Waals surface area contributed by atoms with E-state index in [-0.39, 0.29) is 0 Å². The first-order valence-electron chi connectivity index (χ1n) is 12.7. The van der Waals surface area contributed by atoms with Crippen LogP contribution in [0.2, 0.25) is 0 Å². The normalized spacial score (nSPS) is 11.7. The Morgan fingerprint density at radius 2 is 1.21 bits per heavy atom. The van der Waals surface area contributed by atoms with Crippen LogP contribution in [0.25, 0.3) is 70.3 Å². The van der Waals surface area contributed by atoms with Crippen LogP contribution in [0.3, 0.4) is 0 Å². The molecule has 0 aliphatic rings. The Morgan fingerprint density at radius 1 is 0.526 bits per heavy atom. The second-order valence-corrected chi connectivity index (χ2v) is 10.5. The summed E-state index contributed by atoms with van der Waals surface area (Å²) in [6, 6.07) is 42.5. The van der Waals surface area contributed by atoms with Gasteiger partial charge in [0.2, 0.25) is 0 Å². The summed E-state index contributed by atoms with van der Waals surface area (Å²) >= 11 is 1.86. The fraction of sp³-hybridized carbons (Fsp3) is 0. The van der Waals surface area contributed by atoms with E-state index in [0.29, 0.717) is 0 Å². The maximum atomic E-state index is 5.16. The molecule has 38 heavy (non-hydrogen) atoms. The van der Waals surface area contributed by atoms with Crippen LogP contribution in [-0.4, -0.2) is 14.5 Å². The zero-order valence-corrected chi connectivity index (χ0v) is 21.2. The second-order valence-electron chi connectivity index (χ2n) is 9.44. The zero-order valence-electron chi connectivity index (χ0n) is 20.4. The van der Waals surface area contributed by atoms with Crippen molar-refractivity contribution < 1.29 is 0 Å². The van der Waals surface area contributed by atoms with Crippen molar-refractivity contribution in [2.75, 3.05) is 0 Å². The molecule has 0 aliphatic heterocycles. The molecule has 0 unspecified atom stereocenters. The SMILES string of the molecule is c1ccc(-c2ncc(-n3c4ccccc4c4c5c(ccc43)sc3ccccc35)c(-c3ccccc3)n2)cc1. The van der Waals surface area contributed by atoms with E-state index in [9.17, 15) is 0 Å². The molecule has 0 fully saturated rings. The van der Waals surface area contributed by atoms with Crippen molar-refractivity contribution in [2.45, 2.75) is 0 Å². The van der Waals surface area contributed by atoms with Crippen molar-refractivity contribution in [1.29, 1.82) is 0 Å². The van der Waals surface area contributed by atoms with Gasteiger partial charge >= 0.3 is 0 Å². The second kappa shape index (κ2) is 8.37. The van der Waals surface area contributed by atoms with E-state index < -0.39 is 0 Å². The van der Waals surface area contributed by atoms with Crippen LogP contribution in [0, 0.1) is 0 Å². The topological polar surface area (TPSA) is 30.7 Å². The number of nitrogens with zero attached hydrogens (tertiary/aromatic N) is 3. The van der Waals surface area contributed by atoms with Gasteiger partial charge in [-0.05, 0) is 24.3 Å². The molecule has 8 aromatic rings. The number of fused-ring (bicyclic) bond motifs is 7. The molecule has 3 aromatic heterocycles. The van der Waals surface area contributed by atoms with Gasteiger partial charge in [0.05, 0.1) is 28.6 Å². The molecule has 0 atom stereocenters. The van der Waals surface area contributed by atoms with Crippen LogP contribution in [-0.2, 0) is 0 Å². The summed E-state index contributed by atoms with van der Waals surface area (Å²) in [4.78, 5) is 10.0. The number of hydrogen-bond acceptors (Lipinski definition) is 3. The summed E-state index contributed by atoms with van der Waals surface area (Å²) in [5, 5.41) is 5.14. The zero-order chi connectivity index (χ0) is 25.1. The molecule has 3 nitrogen and oxygen atoms in total. The third-order valence-electron chi connectivity index (χ3n) is 7.27. The number of aromatic nitrogens is 3. The number of para-hydroxylation sites is 1. The molecule has 4 heteroatoms. The molecular formula is C34H21N3S. The molecule has 3 heterocycles. The number of benzene rings is 5. The molecule has 0 amide bonds. The van der Waals surface area contributed by atoms with Gasteiger partial charge in [0.1, 0.15) is 0 Å². The lowest BCUT2D eigenvalue weighted by atomic mass is 10.1. The van der Waals surface area contributed by atoms with Gasteiger partial charge < -0.3 is 4.57 Å². The Labute approximate surface area is 223 Å². The Balaban J connectivity index is 1.51. The van der Waals surface area contributed by atoms with Crippen molar-refractivity contribution in [3.8, 4) is 28.3 Å². The standard InChI is InChI=1S/C34H21N3S/c1-3-11-22(12-4-1)33-28(21-35-34(36-33)23-13-5-2-6-14-23)37-26-17-9-7-15-24(26)31-27(37)19-20-30-32(31)25-16-8-10-18-29(25)38-30/h1-21H. The van der Waals surface area contributed by atoms with Crippen molar-refractivity contribution >= 4 is 53.3 Å². The molecule has 8 rings (SSSR count). The van der Waals surface area contributed by atoms with Crippen LogP contribution in [0.4, 0.5) is 0 Å². The third kappa shape index (κ3) is 3.14. The fourth-order valence-electron chi connectivity index (χ4n) is 5.61. The smallest absolute Gasteiger partial charge is 0.159 e. The quantitative estimate of drug-likeness (QED) is 0.240. The number of rotatable bonds is 3. The Kier molecular flexibility index (Phi) is 4.69. The molecule has 0 spiro atoms. The average molecular weight is 504 g/mol. The Bertz CT molecular complexity index is 2120. The molecule has 0 saturated carbocycles. The van der Waals surface area contributed by atoms with Gasteiger partial charge in [-0.3, -0.25) is 0 Å². The summed E-state index contributed by atoms with van der Waals surface area (Å²) in [6.45, 7) is 0. The molecule has 0 radical (unpaired) electrons. The van der Waals surface area contributed by atoms with Gasteiger partial charge in [-0.1, -0.05) is 97.1 Å². The lowest BCUT2D eigenvalue weighted by molar-refractivity contribution is 1.09. The molecular weight excluding hydrogens is 482 g/mol. The largest absolute Gasteiger partial charge is 0.306 e. The lowest BCUT2D eigenvalue weighted by Crippen LogP contribution is -2.02. The van der Waals surface area contributed by atoms with Crippen molar-refractivity contribution in [2.24, 2.45) is 0 Å². The van der Waals surface area contributed by atoms with E-state index in [2.05, 4.69) is 102 Å². The first-order valence-corrected chi connectivity index (χ1v) is 13.5. The highest BCUT2D eigenvalue weighted by Gasteiger charge is 2.20. The molecule has 178 valence electrons. The minimum absolute atomic E-state index is 0.722. The van der Waals surface area contributed by atoms with Gasteiger partial charge in [0, 0.05) is 42.1 Å². The van der Waals surface area contributed by atoms with Gasteiger partial charge in [-0.2, -0.15) is 0 Å². The van der Waals surface area contributed by atoms with Gasteiger partial charge in [0.25, 0.3) is 0 Å². The minimum Gasteiger partial charge on any atom is -0.306 e. The first-order chi connectivity index (χ1) is 18.9. The molecule has 0 aliphatic carbocycles. The van der Waals surface area contributed by atoms with Crippen LogP contribution >= 0.6 is 11.3 Å². The Hall–Kier alpha value is -4.80. The maximum Gasteiger partial charge on any atom is 0.159 e. The highest BCUT2D eigenvalue weighted by Crippen LogP contribution is 2.44. The monoisotopic (exact) mass is 503 g/mol. The van der Waals surface area contributed by atoms with Crippen molar-refractivity contribution in [1.82, 2.24) is 14.5 Å². The summed E-state index contributed by atoms with van der Waals surface area (Å²) in [7, 11) is 0. The summed E-state index contributed by atoms with van der Waals surface area (Å²) < 4.78 is 4.96.